The number of hydrogen-bond donors (Lipinski definition) is 4. The molecule has 6 nitrogen and oxygen atoms in total. The molecule has 0 aliphatic rings. The standard InChI is InChI=1S/C23H17FIN5O/c24-18-10-6-15(12-19(18)25)28-20-2-1-3-21-17(20)9-11-22(29-21)23(30-26)13-27-14-4-7-16(31)8-5-14/h1-13,26-28,31H/b23-13-,30-26?. The molecule has 0 saturated heterocycles. The van der Waals surface area contributed by atoms with Crippen molar-refractivity contribution in [3.63, 3.8) is 0 Å². The van der Waals surface area contributed by atoms with Crippen LogP contribution in [0.5, 0.6) is 5.75 Å². The maximum Gasteiger partial charge on any atom is 0.136 e. The van der Waals surface area contributed by atoms with Crippen molar-refractivity contribution in [1.82, 2.24) is 4.98 Å². The number of fused-ring (bicyclic) bond motifs is 1. The summed E-state index contributed by atoms with van der Waals surface area (Å²) >= 11 is 1.96. The summed E-state index contributed by atoms with van der Waals surface area (Å²) in [7, 11) is 0. The molecule has 1 aromatic heterocycles. The third-order valence-electron chi connectivity index (χ3n) is 4.56. The predicted octanol–water partition coefficient (Wildman–Crippen LogP) is 6.87. The molecule has 0 spiro atoms. The summed E-state index contributed by atoms with van der Waals surface area (Å²) in [6.45, 7) is 0. The molecule has 3 aromatic carbocycles. The average molecular weight is 525 g/mol. The zero-order chi connectivity index (χ0) is 21.8. The van der Waals surface area contributed by atoms with E-state index in [9.17, 15) is 9.50 Å². The summed E-state index contributed by atoms with van der Waals surface area (Å²) in [5.74, 6) is -0.0781. The van der Waals surface area contributed by atoms with Gasteiger partial charge in [-0.15, -0.1) is 0 Å². The second-order valence-corrected chi connectivity index (χ2v) is 7.82. The fourth-order valence-corrected chi connectivity index (χ4v) is 3.52. The molecule has 8 heteroatoms. The average Bonchev–Trinajstić information content (AvgIpc) is 2.78. The molecule has 0 saturated carbocycles. The second kappa shape index (κ2) is 9.09. The van der Waals surface area contributed by atoms with Gasteiger partial charge in [0.2, 0.25) is 0 Å². The van der Waals surface area contributed by atoms with Crippen molar-refractivity contribution in [3.8, 4) is 5.75 Å². The number of anilines is 3. The van der Waals surface area contributed by atoms with Gasteiger partial charge in [0, 0.05) is 28.6 Å². The lowest BCUT2D eigenvalue weighted by atomic mass is 10.1. The number of rotatable bonds is 6. The van der Waals surface area contributed by atoms with Gasteiger partial charge in [-0.05, 0) is 89.3 Å². The second-order valence-electron chi connectivity index (χ2n) is 6.66. The van der Waals surface area contributed by atoms with Crippen LogP contribution in [0.1, 0.15) is 5.69 Å². The number of pyridine rings is 1. The van der Waals surface area contributed by atoms with E-state index in [1.807, 2.05) is 46.9 Å². The summed E-state index contributed by atoms with van der Waals surface area (Å²) in [6.07, 6.45) is 1.59. The number of hydrogen-bond acceptors (Lipinski definition) is 6. The highest BCUT2D eigenvalue weighted by molar-refractivity contribution is 14.1. The predicted molar refractivity (Wildman–Crippen MR) is 129 cm³/mol. The van der Waals surface area contributed by atoms with E-state index in [-0.39, 0.29) is 11.6 Å². The number of benzene rings is 3. The summed E-state index contributed by atoms with van der Waals surface area (Å²) < 4.78 is 14.1. The van der Waals surface area contributed by atoms with Gasteiger partial charge in [-0.2, -0.15) is 5.11 Å². The van der Waals surface area contributed by atoms with Crippen LogP contribution in [0.4, 0.5) is 21.5 Å². The Balaban J connectivity index is 1.62. The third-order valence-corrected chi connectivity index (χ3v) is 5.38. The molecular formula is C23H17FIN5O. The van der Waals surface area contributed by atoms with Gasteiger partial charge in [0.05, 0.1) is 14.8 Å². The Morgan fingerprint density at radius 1 is 1.03 bits per heavy atom. The first-order chi connectivity index (χ1) is 15.0. The quantitative estimate of drug-likeness (QED) is 0.126. The number of halogens is 2. The number of aromatic nitrogens is 1. The molecule has 0 fully saturated rings. The van der Waals surface area contributed by atoms with Crippen LogP contribution in [0.25, 0.3) is 16.6 Å². The maximum absolute atomic E-state index is 13.5. The van der Waals surface area contributed by atoms with Crippen LogP contribution in [-0.4, -0.2) is 10.1 Å². The summed E-state index contributed by atoms with van der Waals surface area (Å²) in [5, 5.41) is 20.2. The molecule has 0 atom stereocenters. The van der Waals surface area contributed by atoms with E-state index in [1.165, 1.54) is 6.07 Å². The fraction of sp³-hybridized carbons (Fsp3) is 0. The molecule has 4 N–H and O–H groups in total. The van der Waals surface area contributed by atoms with E-state index < -0.39 is 0 Å². The van der Waals surface area contributed by atoms with Crippen LogP contribution in [0.15, 0.2) is 84.1 Å². The number of nitrogens with one attached hydrogen (secondary N) is 3. The fourth-order valence-electron chi connectivity index (χ4n) is 3.01. The minimum absolute atomic E-state index is 0.177. The smallest absolute Gasteiger partial charge is 0.136 e. The van der Waals surface area contributed by atoms with Crippen LogP contribution in [0.2, 0.25) is 0 Å². The van der Waals surface area contributed by atoms with Gasteiger partial charge < -0.3 is 15.7 Å². The third kappa shape index (κ3) is 4.80. The van der Waals surface area contributed by atoms with E-state index in [1.54, 1.807) is 48.7 Å². The van der Waals surface area contributed by atoms with Crippen LogP contribution >= 0.6 is 22.6 Å². The monoisotopic (exact) mass is 525 g/mol. The number of aromatic hydroxyl groups is 1. The van der Waals surface area contributed by atoms with Gasteiger partial charge >= 0.3 is 0 Å². The Labute approximate surface area is 191 Å². The largest absolute Gasteiger partial charge is 0.508 e. The number of nitrogens with zero attached hydrogens (tertiary/aromatic N) is 2. The molecule has 4 rings (SSSR count). The SMILES string of the molecule is N=N/C(=C\Nc1ccc(O)cc1)c1ccc2c(Nc3ccc(F)c(I)c3)cccc2n1. The van der Waals surface area contributed by atoms with Crippen molar-refractivity contribution in [1.29, 1.82) is 5.53 Å². The minimum atomic E-state index is -0.255. The molecule has 1 heterocycles. The van der Waals surface area contributed by atoms with Gasteiger partial charge in [-0.3, -0.25) is 0 Å². The first-order valence-corrected chi connectivity index (χ1v) is 10.4. The van der Waals surface area contributed by atoms with E-state index in [2.05, 4.69) is 20.7 Å². The van der Waals surface area contributed by atoms with Crippen molar-refractivity contribution in [3.05, 3.63) is 94.1 Å². The molecule has 0 unspecified atom stereocenters. The maximum atomic E-state index is 13.5. The highest BCUT2D eigenvalue weighted by Crippen LogP contribution is 2.28. The van der Waals surface area contributed by atoms with Gasteiger partial charge in [0.25, 0.3) is 0 Å². The summed E-state index contributed by atoms with van der Waals surface area (Å²) in [5.41, 5.74) is 11.5. The Kier molecular flexibility index (Phi) is 6.08. The zero-order valence-electron chi connectivity index (χ0n) is 16.1. The van der Waals surface area contributed by atoms with Crippen molar-refractivity contribution in [2.24, 2.45) is 5.11 Å². The molecule has 0 aliphatic carbocycles. The van der Waals surface area contributed by atoms with Crippen LogP contribution in [0.3, 0.4) is 0 Å². The Morgan fingerprint density at radius 3 is 2.55 bits per heavy atom. The van der Waals surface area contributed by atoms with E-state index in [0.29, 0.717) is 15.0 Å². The Hall–Kier alpha value is -3.53. The molecule has 0 amide bonds. The van der Waals surface area contributed by atoms with E-state index in [0.717, 1.165) is 28.0 Å². The van der Waals surface area contributed by atoms with Crippen molar-refractivity contribution in [2.45, 2.75) is 0 Å². The zero-order valence-corrected chi connectivity index (χ0v) is 18.3. The van der Waals surface area contributed by atoms with Crippen LogP contribution < -0.4 is 10.6 Å². The first kappa shape index (κ1) is 20.7. The van der Waals surface area contributed by atoms with Gasteiger partial charge in [-0.1, -0.05) is 6.07 Å². The lowest BCUT2D eigenvalue weighted by molar-refractivity contribution is 0.475. The van der Waals surface area contributed by atoms with Crippen LogP contribution in [-0.2, 0) is 0 Å². The Morgan fingerprint density at radius 2 is 1.81 bits per heavy atom. The van der Waals surface area contributed by atoms with Crippen molar-refractivity contribution >= 4 is 56.3 Å². The number of phenolic OH excluding ortho intramolecular Hbond substituents is 1. The summed E-state index contributed by atoms with van der Waals surface area (Å²) in [4.78, 5) is 4.64. The van der Waals surface area contributed by atoms with E-state index in [4.69, 9.17) is 5.53 Å². The van der Waals surface area contributed by atoms with Gasteiger partial charge in [-0.25, -0.2) is 14.9 Å². The topological polar surface area (TPSA) is 93.4 Å². The minimum Gasteiger partial charge on any atom is -0.508 e. The Bertz CT molecular complexity index is 1290. The molecule has 0 bridgehead atoms. The lowest BCUT2D eigenvalue weighted by Crippen LogP contribution is -1.96. The highest BCUT2D eigenvalue weighted by atomic mass is 127. The highest BCUT2D eigenvalue weighted by Gasteiger charge is 2.08. The molecule has 0 radical (unpaired) electrons. The number of phenols is 1. The molecule has 4 aromatic rings. The van der Waals surface area contributed by atoms with Crippen molar-refractivity contribution in [2.75, 3.05) is 10.6 Å². The van der Waals surface area contributed by atoms with E-state index >= 15 is 0 Å². The normalized spacial score (nSPS) is 11.4. The molecular weight excluding hydrogens is 508 g/mol. The first-order valence-electron chi connectivity index (χ1n) is 9.29. The summed E-state index contributed by atoms with van der Waals surface area (Å²) in [6, 6.07) is 20.8. The van der Waals surface area contributed by atoms with Gasteiger partial charge in [0.15, 0.2) is 0 Å². The van der Waals surface area contributed by atoms with Crippen molar-refractivity contribution < 1.29 is 9.50 Å². The van der Waals surface area contributed by atoms with Gasteiger partial charge in [0.1, 0.15) is 17.3 Å². The molecule has 154 valence electrons. The van der Waals surface area contributed by atoms with Crippen LogP contribution in [0, 0.1) is 14.9 Å². The lowest BCUT2D eigenvalue weighted by Gasteiger charge is -2.11. The molecule has 0 aliphatic heterocycles. The molecule has 31 heavy (non-hydrogen) atoms.